The van der Waals surface area contributed by atoms with Crippen molar-refractivity contribution in [3.05, 3.63) is 11.8 Å². The summed E-state index contributed by atoms with van der Waals surface area (Å²) in [5.74, 6) is 0.717. The Labute approximate surface area is 113 Å². The van der Waals surface area contributed by atoms with Gasteiger partial charge >= 0.3 is 0 Å². The van der Waals surface area contributed by atoms with Crippen molar-refractivity contribution < 1.29 is 0 Å². The smallest absolute Gasteiger partial charge is 0.0612 e. The summed E-state index contributed by atoms with van der Waals surface area (Å²) in [6.07, 6.45) is 2.13. The summed E-state index contributed by atoms with van der Waals surface area (Å²) in [4.78, 5) is 6.90. The molecule has 0 spiro atoms. The normalized spacial score (nSPS) is 15.1. The fourth-order valence-electron chi connectivity index (χ4n) is 1.79. The van der Waals surface area contributed by atoms with E-state index in [4.69, 9.17) is 0 Å². The van der Waals surface area contributed by atoms with E-state index in [0.717, 1.165) is 5.71 Å². The van der Waals surface area contributed by atoms with Crippen LogP contribution in [0.15, 0.2) is 16.8 Å². The van der Waals surface area contributed by atoms with Crippen molar-refractivity contribution in [2.24, 2.45) is 4.99 Å². The van der Waals surface area contributed by atoms with E-state index >= 15 is 0 Å². The molecule has 0 atom stereocenters. The molecule has 0 bridgehead atoms. The van der Waals surface area contributed by atoms with Gasteiger partial charge in [-0.1, -0.05) is 0 Å². The van der Waals surface area contributed by atoms with Crippen molar-refractivity contribution in [3.8, 4) is 0 Å². The molecule has 0 unspecified atom stereocenters. The summed E-state index contributed by atoms with van der Waals surface area (Å²) in [6, 6.07) is 0. The fourth-order valence-corrected chi connectivity index (χ4v) is 2.44. The molecule has 0 aliphatic carbocycles. The van der Waals surface area contributed by atoms with E-state index in [1.54, 1.807) is 0 Å². The van der Waals surface area contributed by atoms with Crippen LogP contribution >= 0.6 is 12.6 Å². The lowest BCUT2D eigenvalue weighted by Gasteiger charge is -2.37. The zero-order valence-corrected chi connectivity index (χ0v) is 13.5. The van der Waals surface area contributed by atoms with Crippen LogP contribution in [0, 0.1) is 0 Å². The van der Waals surface area contributed by atoms with Crippen molar-refractivity contribution in [2.45, 2.75) is 66.5 Å². The molecular formula is C14H28N2S. The Balaban J connectivity index is 5.03. The first-order chi connectivity index (χ1) is 7.47. The summed E-state index contributed by atoms with van der Waals surface area (Å²) in [6.45, 7) is 17.1. The first kappa shape index (κ1) is 16.6. The molecule has 0 aliphatic rings. The van der Waals surface area contributed by atoms with Gasteiger partial charge in [0, 0.05) is 16.9 Å². The number of rotatable bonds is 3. The third-order valence-corrected chi connectivity index (χ3v) is 2.59. The Morgan fingerprint density at radius 3 is 1.88 bits per heavy atom. The molecule has 0 N–H and O–H groups in total. The highest BCUT2D eigenvalue weighted by atomic mass is 32.1. The van der Waals surface area contributed by atoms with Crippen LogP contribution in [0.25, 0.3) is 0 Å². The molecule has 0 aromatic carbocycles. The second-order valence-electron chi connectivity index (χ2n) is 6.45. The summed E-state index contributed by atoms with van der Waals surface area (Å²) >= 11 is 4.40. The molecule has 2 nitrogen and oxygen atoms in total. The minimum atomic E-state index is -0.0195. The Morgan fingerprint density at radius 2 is 1.59 bits per heavy atom. The predicted octanol–water partition coefficient (Wildman–Crippen LogP) is 4.14. The van der Waals surface area contributed by atoms with Gasteiger partial charge in [0.05, 0.1) is 11.4 Å². The lowest BCUT2D eigenvalue weighted by molar-refractivity contribution is 0.219. The summed E-state index contributed by atoms with van der Waals surface area (Å²) in [5.41, 5.74) is 2.34. The van der Waals surface area contributed by atoms with Crippen molar-refractivity contribution in [1.82, 2.24) is 4.90 Å². The summed E-state index contributed by atoms with van der Waals surface area (Å²) in [7, 11) is 0. The molecule has 0 rings (SSSR count). The van der Waals surface area contributed by atoms with Crippen LogP contribution < -0.4 is 0 Å². The van der Waals surface area contributed by atoms with Crippen LogP contribution in [-0.4, -0.2) is 27.6 Å². The molecule has 0 fully saturated rings. The molecule has 0 saturated carbocycles. The lowest BCUT2D eigenvalue weighted by Crippen LogP contribution is -2.39. The molecule has 0 aromatic rings. The second-order valence-corrected chi connectivity index (χ2v) is 6.73. The topological polar surface area (TPSA) is 15.6 Å². The van der Waals surface area contributed by atoms with Crippen LogP contribution in [0.1, 0.15) is 55.4 Å². The van der Waals surface area contributed by atoms with Gasteiger partial charge in [-0.3, -0.25) is 4.99 Å². The average molecular weight is 256 g/mol. The van der Waals surface area contributed by atoms with Gasteiger partial charge in [0.1, 0.15) is 0 Å². The number of hydrogen-bond acceptors (Lipinski definition) is 3. The van der Waals surface area contributed by atoms with E-state index in [1.807, 2.05) is 6.92 Å². The number of hydrogen-bond donors (Lipinski definition) is 1. The number of thiol groups is 1. The van der Waals surface area contributed by atoms with E-state index in [1.165, 1.54) is 5.70 Å². The molecule has 3 heteroatoms. The van der Waals surface area contributed by atoms with Crippen LogP contribution in [0.4, 0.5) is 0 Å². The van der Waals surface area contributed by atoms with Gasteiger partial charge in [-0.05, 0) is 61.5 Å². The van der Waals surface area contributed by atoms with Crippen LogP contribution in [-0.2, 0) is 0 Å². The minimum absolute atomic E-state index is 0.0195. The largest absolute Gasteiger partial charge is 0.361 e. The van der Waals surface area contributed by atoms with Crippen molar-refractivity contribution in [1.29, 1.82) is 0 Å². The third kappa shape index (κ3) is 6.77. The summed E-state index contributed by atoms with van der Waals surface area (Å²) in [5, 5.41) is 0. The third-order valence-electron chi connectivity index (χ3n) is 2.31. The first-order valence-electron chi connectivity index (χ1n) is 6.10. The highest BCUT2D eigenvalue weighted by molar-refractivity contribution is 7.80. The van der Waals surface area contributed by atoms with Gasteiger partial charge < -0.3 is 4.90 Å². The Hall–Kier alpha value is -0.440. The van der Waals surface area contributed by atoms with E-state index in [0.29, 0.717) is 5.88 Å². The fraction of sp³-hybridized carbons (Fsp3) is 0.786. The highest BCUT2D eigenvalue weighted by Gasteiger charge is 2.20. The molecule has 0 aliphatic heterocycles. The van der Waals surface area contributed by atoms with E-state index in [9.17, 15) is 0 Å². The van der Waals surface area contributed by atoms with E-state index in [2.05, 4.69) is 77.1 Å². The van der Waals surface area contributed by atoms with Crippen LogP contribution in [0.5, 0.6) is 0 Å². The zero-order valence-electron chi connectivity index (χ0n) is 12.6. The van der Waals surface area contributed by atoms with Crippen molar-refractivity contribution >= 4 is 18.3 Å². The minimum Gasteiger partial charge on any atom is -0.361 e. The van der Waals surface area contributed by atoms with E-state index in [-0.39, 0.29) is 11.1 Å². The SMILES string of the molecule is CC(/C=C(/C)N(CS)C(C)(C)C)=NC(C)(C)C. The monoisotopic (exact) mass is 256 g/mol. The Kier molecular flexibility index (Phi) is 5.79. The molecule has 0 heterocycles. The quantitative estimate of drug-likeness (QED) is 0.456. The Bertz CT molecular complexity index is 303. The number of aliphatic imine (C=N–C) groups is 1. The van der Waals surface area contributed by atoms with Gasteiger partial charge in [-0.15, -0.1) is 0 Å². The Morgan fingerprint density at radius 1 is 1.12 bits per heavy atom. The van der Waals surface area contributed by atoms with Gasteiger partial charge in [0.2, 0.25) is 0 Å². The average Bonchev–Trinajstić information content (AvgIpc) is 1.96. The van der Waals surface area contributed by atoms with Gasteiger partial charge in [-0.2, -0.15) is 12.6 Å². The molecule has 0 amide bonds. The van der Waals surface area contributed by atoms with Gasteiger partial charge in [0.15, 0.2) is 0 Å². The number of nitrogens with zero attached hydrogens (tertiary/aromatic N) is 2. The molecule has 17 heavy (non-hydrogen) atoms. The van der Waals surface area contributed by atoms with E-state index < -0.39 is 0 Å². The zero-order chi connectivity index (χ0) is 13.9. The maximum Gasteiger partial charge on any atom is 0.0612 e. The summed E-state index contributed by atoms with van der Waals surface area (Å²) < 4.78 is 0. The van der Waals surface area contributed by atoms with Gasteiger partial charge in [0.25, 0.3) is 0 Å². The van der Waals surface area contributed by atoms with Crippen molar-refractivity contribution in [2.75, 3.05) is 5.88 Å². The molecule has 0 radical (unpaired) electrons. The molecule has 0 saturated heterocycles. The van der Waals surface area contributed by atoms with Crippen molar-refractivity contribution in [3.63, 3.8) is 0 Å². The molecule has 100 valence electrons. The number of allylic oxidation sites excluding steroid dienone is 2. The molecular weight excluding hydrogens is 228 g/mol. The molecule has 0 aromatic heterocycles. The lowest BCUT2D eigenvalue weighted by atomic mass is 10.1. The predicted molar refractivity (Wildman–Crippen MR) is 82.1 cm³/mol. The first-order valence-corrected chi connectivity index (χ1v) is 6.74. The maximum atomic E-state index is 4.64. The maximum absolute atomic E-state index is 4.64. The highest BCUT2D eigenvalue weighted by Crippen LogP contribution is 2.20. The van der Waals surface area contributed by atoms with Gasteiger partial charge in [-0.25, -0.2) is 0 Å². The van der Waals surface area contributed by atoms with Crippen LogP contribution in [0.3, 0.4) is 0 Å². The second kappa shape index (κ2) is 5.94. The standard InChI is InChI=1S/C14H28N2S/c1-11(15-13(3,4)5)9-12(2)16(10-17)14(6,7)8/h9,17H,10H2,1-8H3/b12-9-,15-11?. The van der Waals surface area contributed by atoms with Crippen LogP contribution in [0.2, 0.25) is 0 Å².